The monoisotopic (exact) mass is 358 g/mol. The van der Waals surface area contributed by atoms with Gasteiger partial charge >= 0.3 is 12.1 Å². The van der Waals surface area contributed by atoms with Crippen LogP contribution in [0.2, 0.25) is 5.02 Å². The first kappa shape index (κ1) is 18.3. The Morgan fingerprint density at radius 2 is 2.04 bits per heavy atom. The maximum absolute atomic E-state index is 13.8. The van der Waals surface area contributed by atoms with Crippen LogP contribution in [-0.4, -0.2) is 48.3 Å². The number of nitrogens with zero attached hydrogens (tertiary/aromatic N) is 1. The molecule has 1 aromatic rings. The van der Waals surface area contributed by atoms with E-state index in [-0.39, 0.29) is 22.5 Å². The third-order valence-electron chi connectivity index (χ3n) is 4.36. The van der Waals surface area contributed by atoms with Crippen LogP contribution in [-0.2, 0) is 4.74 Å². The summed E-state index contributed by atoms with van der Waals surface area (Å²) in [5, 5.41) is 12.4. The molecule has 2 rings (SSSR count). The van der Waals surface area contributed by atoms with Crippen LogP contribution in [0.1, 0.15) is 30.1 Å². The van der Waals surface area contributed by atoms with Crippen LogP contribution in [0.25, 0.3) is 0 Å². The van der Waals surface area contributed by atoms with Gasteiger partial charge in [-0.1, -0.05) is 11.6 Å². The fourth-order valence-electron chi connectivity index (χ4n) is 2.88. The summed E-state index contributed by atoms with van der Waals surface area (Å²) in [6, 6.07) is 2.41. The Morgan fingerprint density at radius 1 is 1.42 bits per heavy atom. The van der Waals surface area contributed by atoms with E-state index in [1.165, 1.54) is 18.1 Å². The Bertz CT molecular complexity index is 633. The van der Waals surface area contributed by atoms with E-state index in [4.69, 9.17) is 16.7 Å². The molecule has 0 radical (unpaired) electrons. The first-order chi connectivity index (χ1) is 11.3. The number of ether oxygens (including phenoxy) is 1. The summed E-state index contributed by atoms with van der Waals surface area (Å²) in [6.45, 7) is 2.92. The molecule has 0 saturated carbocycles. The van der Waals surface area contributed by atoms with Crippen molar-refractivity contribution < 1.29 is 23.8 Å². The molecule has 1 heterocycles. The molecule has 0 bridgehead atoms. The molecule has 0 aliphatic carbocycles. The highest BCUT2D eigenvalue weighted by atomic mass is 35.5. The number of nitrogens with one attached hydrogen (secondary N) is 1. The summed E-state index contributed by atoms with van der Waals surface area (Å²) in [5.41, 5.74) is 0.268. The van der Waals surface area contributed by atoms with Gasteiger partial charge in [0.25, 0.3) is 0 Å². The van der Waals surface area contributed by atoms with Gasteiger partial charge in [0.1, 0.15) is 5.82 Å². The lowest BCUT2D eigenvalue weighted by Crippen LogP contribution is -2.41. The Kier molecular flexibility index (Phi) is 5.88. The molecule has 1 aromatic carbocycles. The van der Waals surface area contributed by atoms with Crippen LogP contribution in [0.15, 0.2) is 12.1 Å². The van der Waals surface area contributed by atoms with Crippen molar-refractivity contribution in [2.45, 2.75) is 25.8 Å². The van der Waals surface area contributed by atoms with Crippen LogP contribution >= 0.6 is 11.6 Å². The second-order valence-electron chi connectivity index (χ2n) is 5.84. The van der Waals surface area contributed by atoms with Gasteiger partial charge in [0.15, 0.2) is 0 Å². The molecule has 1 unspecified atom stereocenters. The van der Waals surface area contributed by atoms with E-state index in [2.05, 4.69) is 10.1 Å². The van der Waals surface area contributed by atoms with Crippen molar-refractivity contribution in [3.63, 3.8) is 0 Å². The molecule has 0 spiro atoms. The third-order valence-corrected chi connectivity index (χ3v) is 4.68. The van der Waals surface area contributed by atoms with Gasteiger partial charge in [-0.05, 0) is 37.8 Å². The van der Waals surface area contributed by atoms with Crippen molar-refractivity contribution in [1.29, 1.82) is 0 Å². The number of benzene rings is 1. The minimum absolute atomic E-state index is 0.00518. The normalized spacial score (nSPS) is 16.6. The molecule has 1 atom stereocenters. The standard InChI is InChI=1S/C16H20ClFN2O4/c1-9(10-3-5-20(6-4-10)16(22)23)19-14-7-11(15(21)24-2)13(18)8-12(14)17/h7-10,19H,3-6H2,1-2H3,(H,22,23). The molecule has 8 heteroatoms. The maximum atomic E-state index is 13.8. The van der Waals surface area contributed by atoms with Gasteiger partial charge in [-0.15, -0.1) is 0 Å². The molecule has 2 N–H and O–H groups in total. The largest absolute Gasteiger partial charge is 0.465 e. The van der Waals surface area contributed by atoms with Crippen molar-refractivity contribution >= 4 is 29.4 Å². The Morgan fingerprint density at radius 3 is 2.58 bits per heavy atom. The molecular weight excluding hydrogens is 339 g/mol. The van der Waals surface area contributed by atoms with E-state index in [0.717, 1.165) is 18.9 Å². The highest BCUT2D eigenvalue weighted by Gasteiger charge is 2.27. The Labute approximate surface area is 144 Å². The van der Waals surface area contributed by atoms with E-state index in [1.54, 1.807) is 0 Å². The first-order valence-corrected chi connectivity index (χ1v) is 8.03. The predicted molar refractivity (Wildman–Crippen MR) is 88.2 cm³/mol. The summed E-state index contributed by atoms with van der Waals surface area (Å²) in [5.74, 6) is -1.25. The lowest BCUT2D eigenvalue weighted by molar-refractivity contribution is 0.0595. The van der Waals surface area contributed by atoms with Gasteiger partial charge < -0.3 is 20.1 Å². The summed E-state index contributed by atoms with van der Waals surface area (Å²) in [6.07, 6.45) is 0.546. The van der Waals surface area contributed by atoms with Crippen molar-refractivity contribution in [2.75, 3.05) is 25.5 Å². The highest BCUT2D eigenvalue weighted by molar-refractivity contribution is 6.33. The molecule has 1 aliphatic heterocycles. The number of methoxy groups -OCH3 is 1. The molecule has 1 saturated heterocycles. The van der Waals surface area contributed by atoms with Crippen LogP contribution in [0.3, 0.4) is 0 Å². The number of rotatable bonds is 4. The number of carbonyl (C=O) groups excluding carboxylic acids is 1. The average molecular weight is 359 g/mol. The van der Waals surface area contributed by atoms with E-state index >= 15 is 0 Å². The lowest BCUT2D eigenvalue weighted by atomic mass is 9.90. The van der Waals surface area contributed by atoms with Gasteiger partial charge in [0, 0.05) is 19.1 Å². The van der Waals surface area contributed by atoms with Crippen molar-refractivity contribution in [3.05, 3.63) is 28.5 Å². The number of hydrogen-bond acceptors (Lipinski definition) is 4. The van der Waals surface area contributed by atoms with E-state index in [0.29, 0.717) is 18.8 Å². The van der Waals surface area contributed by atoms with Gasteiger partial charge in [-0.25, -0.2) is 14.0 Å². The highest BCUT2D eigenvalue weighted by Crippen LogP contribution is 2.29. The van der Waals surface area contributed by atoms with E-state index < -0.39 is 17.9 Å². The number of anilines is 1. The van der Waals surface area contributed by atoms with Gasteiger partial charge in [0.05, 0.1) is 23.4 Å². The minimum atomic E-state index is -0.904. The zero-order valence-electron chi connectivity index (χ0n) is 13.5. The second-order valence-corrected chi connectivity index (χ2v) is 6.25. The average Bonchev–Trinajstić information content (AvgIpc) is 2.56. The summed E-state index contributed by atoms with van der Waals surface area (Å²) >= 11 is 6.06. The third kappa shape index (κ3) is 4.08. The molecular formula is C16H20ClFN2O4. The molecule has 6 nitrogen and oxygen atoms in total. The quantitative estimate of drug-likeness (QED) is 0.806. The molecule has 0 aromatic heterocycles. The number of likely N-dealkylation sites (tertiary alicyclic amines) is 1. The maximum Gasteiger partial charge on any atom is 0.407 e. The van der Waals surface area contributed by atoms with E-state index in [1.807, 2.05) is 6.92 Å². The van der Waals surface area contributed by atoms with Crippen LogP contribution in [0, 0.1) is 11.7 Å². The molecule has 1 aliphatic rings. The number of piperidine rings is 1. The molecule has 1 amide bonds. The Balaban J connectivity index is 2.08. The molecule has 132 valence electrons. The van der Waals surface area contributed by atoms with Crippen LogP contribution in [0.5, 0.6) is 0 Å². The summed E-state index contributed by atoms with van der Waals surface area (Å²) < 4.78 is 18.4. The number of hydrogen-bond donors (Lipinski definition) is 2. The molecule has 24 heavy (non-hydrogen) atoms. The summed E-state index contributed by atoms with van der Waals surface area (Å²) in [7, 11) is 1.18. The van der Waals surface area contributed by atoms with E-state index in [9.17, 15) is 14.0 Å². The number of halogens is 2. The Hall–Kier alpha value is -2.02. The topological polar surface area (TPSA) is 78.9 Å². The van der Waals surface area contributed by atoms with Crippen molar-refractivity contribution in [1.82, 2.24) is 4.90 Å². The summed E-state index contributed by atoms with van der Waals surface area (Å²) in [4.78, 5) is 23.9. The fourth-order valence-corrected chi connectivity index (χ4v) is 3.08. The van der Waals surface area contributed by atoms with Gasteiger partial charge in [-0.2, -0.15) is 0 Å². The van der Waals surface area contributed by atoms with Crippen molar-refractivity contribution in [3.8, 4) is 0 Å². The number of esters is 1. The number of carbonyl (C=O) groups is 2. The predicted octanol–water partition coefficient (Wildman–Crippen LogP) is 3.46. The lowest BCUT2D eigenvalue weighted by Gasteiger charge is -2.34. The van der Waals surface area contributed by atoms with Crippen LogP contribution < -0.4 is 5.32 Å². The zero-order chi connectivity index (χ0) is 17.9. The van der Waals surface area contributed by atoms with Crippen molar-refractivity contribution in [2.24, 2.45) is 5.92 Å². The zero-order valence-corrected chi connectivity index (χ0v) is 14.3. The number of carboxylic acid groups (broad SMARTS) is 1. The van der Waals surface area contributed by atoms with Gasteiger partial charge in [0.2, 0.25) is 0 Å². The SMILES string of the molecule is COC(=O)c1cc(NC(C)C2CCN(C(=O)O)CC2)c(Cl)cc1F. The second kappa shape index (κ2) is 7.70. The smallest absolute Gasteiger partial charge is 0.407 e. The van der Waals surface area contributed by atoms with Crippen LogP contribution in [0.4, 0.5) is 14.9 Å². The van der Waals surface area contributed by atoms with Gasteiger partial charge in [-0.3, -0.25) is 0 Å². The number of amides is 1. The molecule has 1 fully saturated rings. The minimum Gasteiger partial charge on any atom is -0.465 e. The first-order valence-electron chi connectivity index (χ1n) is 7.65. The fraction of sp³-hybridized carbons (Fsp3) is 0.500.